The van der Waals surface area contributed by atoms with Crippen LogP contribution < -0.4 is 11.1 Å². The summed E-state index contributed by atoms with van der Waals surface area (Å²) in [6, 6.07) is 7.74. The first-order valence-corrected chi connectivity index (χ1v) is 8.08. The van der Waals surface area contributed by atoms with Gasteiger partial charge in [-0.05, 0) is 37.0 Å². The molecule has 2 atom stereocenters. The third-order valence-electron chi connectivity index (χ3n) is 3.98. The number of hydrogen-bond donors (Lipinski definition) is 2. The van der Waals surface area contributed by atoms with Crippen LogP contribution in [0.25, 0.3) is 0 Å². The number of nitrogens with one attached hydrogen (secondary N) is 1. The van der Waals surface area contributed by atoms with Crippen molar-refractivity contribution in [3.05, 3.63) is 29.8 Å². The van der Waals surface area contributed by atoms with Gasteiger partial charge in [0.05, 0.1) is 6.04 Å². The highest BCUT2D eigenvalue weighted by molar-refractivity contribution is 8.14. The highest BCUT2D eigenvalue weighted by Gasteiger charge is 2.29. The number of carbonyl (C=O) groups is 1. The zero-order valence-electron chi connectivity index (χ0n) is 11.3. The lowest BCUT2D eigenvalue weighted by Gasteiger charge is -2.32. The summed E-state index contributed by atoms with van der Waals surface area (Å²) in [5.41, 5.74) is 6.70. The number of primary amides is 1. The molecule has 3 rings (SSSR count). The van der Waals surface area contributed by atoms with Crippen molar-refractivity contribution >= 4 is 28.5 Å². The first-order valence-electron chi connectivity index (χ1n) is 7.10. The molecule has 1 aliphatic carbocycles. The number of carbonyl (C=O) groups excluding carboxylic acids is 1. The van der Waals surface area contributed by atoms with E-state index in [1.54, 1.807) is 23.9 Å². The van der Waals surface area contributed by atoms with Crippen molar-refractivity contribution < 1.29 is 4.79 Å². The summed E-state index contributed by atoms with van der Waals surface area (Å²) in [7, 11) is 0. The first-order chi connectivity index (χ1) is 9.72. The van der Waals surface area contributed by atoms with Crippen molar-refractivity contribution in [1.82, 2.24) is 0 Å². The van der Waals surface area contributed by atoms with Crippen LogP contribution in [-0.4, -0.2) is 22.9 Å². The Morgan fingerprint density at radius 3 is 3.05 bits per heavy atom. The second kappa shape index (κ2) is 5.87. The van der Waals surface area contributed by atoms with Gasteiger partial charge in [0.2, 0.25) is 5.91 Å². The first kappa shape index (κ1) is 13.5. The number of fused-ring (bicyclic) bond motifs is 1. The van der Waals surface area contributed by atoms with Gasteiger partial charge in [0.25, 0.3) is 0 Å². The second-order valence-corrected chi connectivity index (χ2v) is 6.44. The van der Waals surface area contributed by atoms with Crippen LogP contribution in [0, 0.1) is 5.92 Å². The lowest BCUT2D eigenvalue weighted by atomic mass is 9.86. The molecule has 0 radical (unpaired) electrons. The maximum Gasteiger partial charge on any atom is 0.248 e. The number of nitrogens with zero attached hydrogens (tertiary/aromatic N) is 1. The Bertz CT molecular complexity index is 544. The van der Waals surface area contributed by atoms with Crippen LogP contribution in [0.5, 0.6) is 0 Å². The summed E-state index contributed by atoms with van der Waals surface area (Å²) < 4.78 is 0. The van der Waals surface area contributed by atoms with Crippen molar-refractivity contribution in [2.24, 2.45) is 16.6 Å². The molecule has 1 fully saturated rings. The van der Waals surface area contributed by atoms with E-state index in [4.69, 9.17) is 10.7 Å². The Labute approximate surface area is 123 Å². The number of hydrogen-bond acceptors (Lipinski definition) is 4. The zero-order chi connectivity index (χ0) is 13.9. The molecule has 1 aromatic rings. The lowest BCUT2D eigenvalue weighted by Crippen LogP contribution is -2.31. The van der Waals surface area contributed by atoms with Gasteiger partial charge in [-0.3, -0.25) is 9.79 Å². The molecule has 1 aliphatic heterocycles. The number of amides is 1. The predicted octanol–water partition coefficient (Wildman–Crippen LogP) is 2.86. The molecule has 0 spiro atoms. The van der Waals surface area contributed by atoms with Crippen LogP contribution in [0.1, 0.15) is 36.0 Å². The molecule has 3 N–H and O–H groups in total. The number of thioether (sulfide) groups is 1. The summed E-state index contributed by atoms with van der Waals surface area (Å²) in [5.74, 6) is 1.49. The van der Waals surface area contributed by atoms with E-state index in [-0.39, 0.29) is 0 Å². The van der Waals surface area contributed by atoms with Crippen LogP contribution in [0.3, 0.4) is 0 Å². The lowest BCUT2D eigenvalue weighted by molar-refractivity contribution is 0.100. The van der Waals surface area contributed by atoms with Crippen molar-refractivity contribution in [2.45, 2.75) is 31.7 Å². The summed E-state index contributed by atoms with van der Waals surface area (Å²) in [6.07, 6.45) is 5.16. The highest BCUT2D eigenvalue weighted by Crippen LogP contribution is 2.34. The number of benzene rings is 1. The predicted molar refractivity (Wildman–Crippen MR) is 84.2 cm³/mol. The molecule has 0 bridgehead atoms. The molecule has 20 heavy (non-hydrogen) atoms. The van der Waals surface area contributed by atoms with Gasteiger partial charge in [-0.25, -0.2) is 0 Å². The molecule has 2 aliphatic rings. The summed E-state index contributed by atoms with van der Waals surface area (Å²) in [6.45, 7) is 0. The fraction of sp³-hybridized carbons (Fsp3) is 0.467. The van der Waals surface area contributed by atoms with Gasteiger partial charge >= 0.3 is 0 Å². The van der Waals surface area contributed by atoms with Crippen LogP contribution in [0.15, 0.2) is 29.3 Å². The Balaban J connectivity index is 1.73. The molecule has 0 saturated heterocycles. The molecule has 0 aromatic heterocycles. The van der Waals surface area contributed by atoms with Crippen molar-refractivity contribution in [3.63, 3.8) is 0 Å². The van der Waals surface area contributed by atoms with Crippen LogP contribution in [0.4, 0.5) is 5.69 Å². The molecule has 2 unspecified atom stereocenters. The van der Waals surface area contributed by atoms with Crippen molar-refractivity contribution in [3.8, 4) is 0 Å². The molecule has 1 heterocycles. The van der Waals surface area contributed by atoms with E-state index in [1.165, 1.54) is 25.7 Å². The molecule has 4 nitrogen and oxygen atoms in total. The van der Waals surface area contributed by atoms with E-state index >= 15 is 0 Å². The number of rotatable bonds is 2. The minimum absolute atomic E-state index is 0.403. The van der Waals surface area contributed by atoms with E-state index in [0.717, 1.165) is 22.5 Å². The van der Waals surface area contributed by atoms with Gasteiger partial charge < -0.3 is 11.1 Å². The third-order valence-corrected chi connectivity index (χ3v) is 5.06. The summed E-state index contributed by atoms with van der Waals surface area (Å²) in [4.78, 5) is 16.0. The Morgan fingerprint density at radius 2 is 2.20 bits per heavy atom. The van der Waals surface area contributed by atoms with Crippen LogP contribution >= 0.6 is 11.8 Å². The molecule has 106 valence electrons. The molecule has 1 aromatic carbocycles. The molecular weight excluding hydrogens is 270 g/mol. The van der Waals surface area contributed by atoms with Gasteiger partial charge in [-0.15, -0.1) is 0 Å². The van der Waals surface area contributed by atoms with E-state index in [9.17, 15) is 4.79 Å². The normalized spacial score (nSPS) is 25.5. The third kappa shape index (κ3) is 2.98. The van der Waals surface area contributed by atoms with Gasteiger partial charge in [0, 0.05) is 17.0 Å². The van der Waals surface area contributed by atoms with E-state index in [0.29, 0.717) is 11.6 Å². The SMILES string of the molecule is NC(=O)c1cccc(NC2=NC3CCCCC3CS2)c1. The monoisotopic (exact) mass is 289 g/mol. The number of anilines is 1. The molecular formula is C15H19N3OS. The van der Waals surface area contributed by atoms with Crippen molar-refractivity contribution in [2.75, 3.05) is 11.1 Å². The molecule has 1 saturated carbocycles. The van der Waals surface area contributed by atoms with Gasteiger partial charge in [-0.1, -0.05) is 30.7 Å². The van der Waals surface area contributed by atoms with E-state index < -0.39 is 5.91 Å². The number of aliphatic imine (C=N–C) groups is 1. The molecule has 5 heteroatoms. The van der Waals surface area contributed by atoms with Gasteiger partial charge in [0.15, 0.2) is 5.17 Å². The topological polar surface area (TPSA) is 67.5 Å². The van der Waals surface area contributed by atoms with Gasteiger partial charge in [0.1, 0.15) is 0 Å². The maximum atomic E-state index is 11.2. The van der Waals surface area contributed by atoms with Crippen LogP contribution in [0.2, 0.25) is 0 Å². The zero-order valence-corrected chi connectivity index (χ0v) is 12.2. The highest BCUT2D eigenvalue weighted by atomic mass is 32.2. The minimum atomic E-state index is -0.403. The van der Waals surface area contributed by atoms with Crippen LogP contribution in [-0.2, 0) is 0 Å². The maximum absolute atomic E-state index is 11.2. The van der Waals surface area contributed by atoms with Crippen molar-refractivity contribution in [1.29, 1.82) is 0 Å². The number of nitrogens with two attached hydrogens (primary N) is 1. The smallest absolute Gasteiger partial charge is 0.248 e. The Hall–Kier alpha value is -1.49. The van der Waals surface area contributed by atoms with E-state index in [2.05, 4.69) is 5.32 Å². The average molecular weight is 289 g/mol. The Kier molecular flexibility index (Phi) is 3.96. The standard InChI is InChI=1S/C15H19N3OS/c16-14(19)10-5-3-6-12(8-10)17-15-18-13-7-2-1-4-11(13)9-20-15/h3,5-6,8,11,13H,1-2,4,7,9H2,(H2,16,19)(H,17,18). The van der Waals surface area contributed by atoms with E-state index in [1.807, 2.05) is 12.1 Å². The Morgan fingerprint density at radius 1 is 1.35 bits per heavy atom. The second-order valence-electron chi connectivity index (χ2n) is 5.43. The average Bonchev–Trinajstić information content (AvgIpc) is 2.47. The molecule has 1 amide bonds. The minimum Gasteiger partial charge on any atom is -0.366 e. The summed E-state index contributed by atoms with van der Waals surface area (Å²) >= 11 is 1.78. The fourth-order valence-electron chi connectivity index (χ4n) is 2.87. The summed E-state index contributed by atoms with van der Waals surface area (Å²) in [5, 5.41) is 4.28. The number of amidine groups is 1. The quantitative estimate of drug-likeness (QED) is 0.879. The largest absolute Gasteiger partial charge is 0.366 e. The van der Waals surface area contributed by atoms with Gasteiger partial charge in [-0.2, -0.15) is 0 Å². The fourth-order valence-corrected chi connectivity index (χ4v) is 4.03.